The molecule has 0 radical (unpaired) electrons. The lowest BCUT2D eigenvalue weighted by molar-refractivity contribution is -0.150. The Morgan fingerprint density at radius 3 is 2.18 bits per heavy atom. The molecule has 1 N–H and O–H groups in total. The van der Waals surface area contributed by atoms with Crippen molar-refractivity contribution in [2.24, 2.45) is 5.92 Å². The maximum Gasteiger partial charge on any atom is 0.323 e. The van der Waals surface area contributed by atoms with E-state index in [0.29, 0.717) is 25.9 Å². The molecule has 126 valence electrons. The van der Waals surface area contributed by atoms with Crippen molar-refractivity contribution in [2.75, 3.05) is 25.4 Å². The van der Waals surface area contributed by atoms with Crippen molar-refractivity contribution in [3.63, 3.8) is 0 Å². The van der Waals surface area contributed by atoms with E-state index in [1.165, 1.54) is 9.21 Å². The first-order chi connectivity index (χ1) is 10.3. The Balaban J connectivity index is 2.01. The Hall–Kier alpha value is -1.15. The Labute approximate surface area is 131 Å². The highest BCUT2D eigenvalue weighted by atomic mass is 32.2. The van der Waals surface area contributed by atoms with Gasteiger partial charge in [0.1, 0.15) is 6.54 Å². The average Bonchev–Trinajstić information content (AvgIpc) is 2.43. The highest BCUT2D eigenvalue weighted by Gasteiger charge is 2.36. The molecule has 1 aliphatic heterocycles. The van der Waals surface area contributed by atoms with Gasteiger partial charge in [-0.2, -0.15) is 0 Å². The minimum Gasteiger partial charge on any atom is -0.480 e. The second-order valence-electron chi connectivity index (χ2n) is 6.02. The predicted molar refractivity (Wildman–Crippen MR) is 80.7 cm³/mol. The van der Waals surface area contributed by atoms with Crippen molar-refractivity contribution in [3.05, 3.63) is 0 Å². The van der Waals surface area contributed by atoms with Crippen LogP contribution in [0.2, 0.25) is 0 Å². The third-order valence-electron chi connectivity index (χ3n) is 4.67. The van der Waals surface area contributed by atoms with Gasteiger partial charge < -0.3 is 10.0 Å². The molecule has 0 aromatic carbocycles. The van der Waals surface area contributed by atoms with Gasteiger partial charge in [0, 0.05) is 25.0 Å². The standard InChI is InChI=1S/C14H24N2O5S/c1-2-22(20,21)15-8-6-12(7-9-15)16(10-13(17)18)14(19)11-4-3-5-11/h11-12H,2-10H2,1H3,(H,17,18). The molecular weight excluding hydrogens is 308 g/mol. The molecule has 1 saturated heterocycles. The quantitative estimate of drug-likeness (QED) is 0.765. The number of carboxylic acid groups (broad SMARTS) is 1. The largest absolute Gasteiger partial charge is 0.480 e. The fraction of sp³-hybridized carbons (Fsp3) is 0.857. The average molecular weight is 332 g/mol. The van der Waals surface area contributed by atoms with Crippen molar-refractivity contribution in [1.82, 2.24) is 9.21 Å². The van der Waals surface area contributed by atoms with Crippen LogP contribution in [0.5, 0.6) is 0 Å². The molecule has 0 bridgehead atoms. The number of rotatable bonds is 6. The summed E-state index contributed by atoms with van der Waals surface area (Å²) in [5, 5.41) is 9.06. The normalized spacial score (nSPS) is 21.3. The van der Waals surface area contributed by atoms with Crippen molar-refractivity contribution in [3.8, 4) is 0 Å². The number of carbonyl (C=O) groups excluding carboxylic acids is 1. The predicted octanol–water partition coefficient (Wildman–Crippen LogP) is 0.514. The molecule has 0 atom stereocenters. The van der Waals surface area contributed by atoms with E-state index >= 15 is 0 Å². The molecule has 2 aliphatic rings. The second kappa shape index (κ2) is 6.95. The number of piperidine rings is 1. The number of carbonyl (C=O) groups is 2. The summed E-state index contributed by atoms with van der Waals surface area (Å²) in [6.07, 6.45) is 3.69. The van der Waals surface area contributed by atoms with Gasteiger partial charge in [-0.1, -0.05) is 6.42 Å². The van der Waals surface area contributed by atoms with Gasteiger partial charge in [0.25, 0.3) is 0 Å². The smallest absolute Gasteiger partial charge is 0.323 e. The summed E-state index contributed by atoms with van der Waals surface area (Å²) < 4.78 is 25.2. The Kier molecular flexibility index (Phi) is 5.44. The lowest BCUT2D eigenvalue weighted by Crippen LogP contribution is -2.52. The Morgan fingerprint density at radius 2 is 1.77 bits per heavy atom. The molecule has 2 fully saturated rings. The maximum absolute atomic E-state index is 12.4. The first kappa shape index (κ1) is 17.2. The molecule has 1 saturated carbocycles. The van der Waals surface area contributed by atoms with E-state index in [0.717, 1.165) is 19.3 Å². The third kappa shape index (κ3) is 3.78. The van der Waals surface area contributed by atoms with Crippen LogP contribution in [-0.4, -0.2) is 66.0 Å². The van der Waals surface area contributed by atoms with Crippen LogP contribution in [0.3, 0.4) is 0 Å². The molecule has 1 amide bonds. The summed E-state index contributed by atoms with van der Waals surface area (Å²) in [7, 11) is -3.21. The monoisotopic (exact) mass is 332 g/mol. The summed E-state index contributed by atoms with van der Waals surface area (Å²) in [5.74, 6) is -1.07. The highest BCUT2D eigenvalue weighted by Crippen LogP contribution is 2.30. The van der Waals surface area contributed by atoms with Crippen LogP contribution in [0, 0.1) is 5.92 Å². The SMILES string of the molecule is CCS(=O)(=O)N1CCC(N(CC(=O)O)C(=O)C2CCC2)CC1. The van der Waals surface area contributed by atoms with E-state index in [-0.39, 0.29) is 30.2 Å². The zero-order valence-corrected chi connectivity index (χ0v) is 13.7. The zero-order chi connectivity index (χ0) is 16.3. The van der Waals surface area contributed by atoms with Gasteiger partial charge >= 0.3 is 5.97 Å². The van der Waals surface area contributed by atoms with Gasteiger partial charge in [0.05, 0.1) is 5.75 Å². The van der Waals surface area contributed by atoms with Crippen molar-refractivity contribution in [1.29, 1.82) is 0 Å². The van der Waals surface area contributed by atoms with Gasteiger partial charge in [-0.05, 0) is 32.6 Å². The number of aliphatic carboxylic acids is 1. The number of amides is 1. The van der Waals surface area contributed by atoms with E-state index in [1.807, 2.05) is 0 Å². The molecule has 2 rings (SSSR count). The summed E-state index contributed by atoms with van der Waals surface area (Å²) in [5.41, 5.74) is 0. The van der Waals surface area contributed by atoms with Crippen LogP contribution >= 0.6 is 0 Å². The topological polar surface area (TPSA) is 95.0 Å². The van der Waals surface area contributed by atoms with Crippen molar-refractivity contribution in [2.45, 2.75) is 45.1 Å². The molecule has 0 spiro atoms. The first-order valence-electron chi connectivity index (χ1n) is 7.85. The third-order valence-corrected chi connectivity index (χ3v) is 6.55. The number of hydrogen-bond acceptors (Lipinski definition) is 4. The fourth-order valence-electron chi connectivity index (χ4n) is 3.04. The van der Waals surface area contributed by atoms with Crippen molar-refractivity contribution >= 4 is 21.9 Å². The van der Waals surface area contributed by atoms with Gasteiger partial charge in [0.2, 0.25) is 15.9 Å². The molecule has 0 aromatic rings. The van der Waals surface area contributed by atoms with Crippen LogP contribution in [-0.2, 0) is 19.6 Å². The van der Waals surface area contributed by atoms with Crippen LogP contribution in [0.1, 0.15) is 39.0 Å². The number of hydrogen-bond donors (Lipinski definition) is 1. The first-order valence-corrected chi connectivity index (χ1v) is 9.46. The summed E-state index contributed by atoms with van der Waals surface area (Å²) in [4.78, 5) is 24.9. The molecule has 7 nitrogen and oxygen atoms in total. The van der Waals surface area contributed by atoms with E-state index in [9.17, 15) is 18.0 Å². The molecule has 8 heteroatoms. The van der Waals surface area contributed by atoms with E-state index in [2.05, 4.69) is 0 Å². The molecule has 1 heterocycles. The van der Waals surface area contributed by atoms with E-state index in [1.54, 1.807) is 6.92 Å². The fourth-order valence-corrected chi connectivity index (χ4v) is 4.17. The lowest BCUT2D eigenvalue weighted by atomic mass is 9.83. The van der Waals surface area contributed by atoms with E-state index < -0.39 is 16.0 Å². The Morgan fingerprint density at radius 1 is 1.18 bits per heavy atom. The Bertz CT molecular complexity index is 521. The maximum atomic E-state index is 12.4. The van der Waals surface area contributed by atoms with Gasteiger partial charge in [0.15, 0.2) is 0 Å². The van der Waals surface area contributed by atoms with Crippen LogP contribution in [0.25, 0.3) is 0 Å². The number of nitrogens with zero attached hydrogens (tertiary/aromatic N) is 2. The molecule has 22 heavy (non-hydrogen) atoms. The summed E-state index contributed by atoms with van der Waals surface area (Å²) >= 11 is 0. The van der Waals surface area contributed by atoms with E-state index in [4.69, 9.17) is 5.11 Å². The summed E-state index contributed by atoms with van der Waals surface area (Å²) in [6, 6.07) is -0.174. The summed E-state index contributed by atoms with van der Waals surface area (Å²) in [6.45, 7) is 2.03. The molecule has 1 aliphatic carbocycles. The zero-order valence-electron chi connectivity index (χ0n) is 12.9. The van der Waals surface area contributed by atoms with Gasteiger partial charge in [-0.15, -0.1) is 0 Å². The van der Waals surface area contributed by atoms with Crippen LogP contribution in [0.4, 0.5) is 0 Å². The second-order valence-corrected chi connectivity index (χ2v) is 8.28. The number of carboxylic acids is 1. The van der Waals surface area contributed by atoms with Crippen LogP contribution in [0.15, 0.2) is 0 Å². The number of sulfonamides is 1. The minimum absolute atomic E-state index is 0.0447. The lowest BCUT2D eigenvalue weighted by Gasteiger charge is -2.40. The van der Waals surface area contributed by atoms with Gasteiger partial charge in [-0.3, -0.25) is 9.59 Å². The minimum atomic E-state index is -3.21. The van der Waals surface area contributed by atoms with Crippen LogP contribution < -0.4 is 0 Å². The molecule has 0 unspecified atom stereocenters. The molecule has 0 aromatic heterocycles. The van der Waals surface area contributed by atoms with Crippen molar-refractivity contribution < 1.29 is 23.1 Å². The highest BCUT2D eigenvalue weighted by molar-refractivity contribution is 7.89. The molecular formula is C14H24N2O5S. The van der Waals surface area contributed by atoms with Gasteiger partial charge in [-0.25, -0.2) is 12.7 Å².